The molecule has 23 heavy (non-hydrogen) atoms. The number of hydrogen-bond acceptors (Lipinski definition) is 5. The van der Waals surface area contributed by atoms with Crippen LogP contribution in [0.4, 0.5) is 5.82 Å². The molecule has 3 rings (SSSR count). The number of carbonyl (C=O) groups is 1. The van der Waals surface area contributed by atoms with Gasteiger partial charge in [-0.2, -0.15) is 0 Å². The van der Waals surface area contributed by atoms with Crippen LogP contribution in [0.1, 0.15) is 25.5 Å². The van der Waals surface area contributed by atoms with Crippen LogP contribution in [0.3, 0.4) is 0 Å². The smallest absolute Gasteiger partial charge is 0.317 e. The topological polar surface area (TPSA) is 78.4 Å². The normalized spacial score (nSPS) is 20.5. The molecule has 1 fully saturated rings. The Morgan fingerprint density at radius 2 is 1.96 bits per heavy atom. The molecule has 6 nitrogen and oxygen atoms in total. The largest absolute Gasteiger partial charge is 0.480 e. The van der Waals surface area contributed by atoms with E-state index in [0.29, 0.717) is 12.1 Å². The summed E-state index contributed by atoms with van der Waals surface area (Å²) in [4.78, 5) is 22.1. The van der Waals surface area contributed by atoms with Crippen LogP contribution in [0.25, 0.3) is 11.0 Å². The van der Waals surface area contributed by atoms with Crippen molar-refractivity contribution in [3.05, 3.63) is 30.0 Å². The van der Waals surface area contributed by atoms with Gasteiger partial charge in [0, 0.05) is 12.1 Å². The van der Waals surface area contributed by atoms with E-state index in [-0.39, 0.29) is 6.54 Å². The number of fused-ring (bicyclic) bond motifs is 1. The third-order valence-corrected chi connectivity index (χ3v) is 4.46. The summed E-state index contributed by atoms with van der Waals surface area (Å²) < 4.78 is 0. The molecule has 0 aliphatic heterocycles. The lowest BCUT2D eigenvalue weighted by Crippen LogP contribution is -2.51. The fourth-order valence-corrected chi connectivity index (χ4v) is 3.09. The minimum Gasteiger partial charge on any atom is -0.480 e. The number of carboxylic acids is 1. The Balaban J connectivity index is 1.63. The number of nitrogens with one attached hydrogen (secondary N) is 1. The lowest BCUT2D eigenvalue weighted by atomic mass is 9.85. The predicted octanol–water partition coefficient (Wildman–Crippen LogP) is 2.29. The van der Waals surface area contributed by atoms with Crippen molar-refractivity contribution >= 4 is 22.8 Å². The average Bonchev–Trinajstić information content (AvgIpc) is 2.48. The average molecular weight is 314 g/mol. The highest BCUT2D eigenvalue weighted by Crippen LogP contribution is 2.29. The van der Waals surface area contributed by atoms with E-state index in [1.165, 1.54) is 0 Å². The minimum absolute atomic E-state index is 0.114. The molecule has 0 radical (unpaired) electrons. The fourth-order valence-electron chi connectivity index (χ4n) is 3.09. The second-order valence-corrected chi connectivity index (χ2v) is 6.07. The molecule has 1 aromatic heterocycles. The molecule has 0 amide bonds. The highest BCUT2D eigenvalue weighted by atomic mass is 16.4. The molecular formula is C17H22N4O2. The third-order valence-electron chi connectivity index (χ3n) is 4.46. The van der Waals surface area contributed by atoms with Crippen molar-refractivity contribution in [2.75, 3.05) is 18.4 Å². The summed E-state index contributed by atoms with van der Waals surface area (Å²) in [5.41, 5.74) is 2.68. The highest BCUT2D eigenvalue weighted by Gasteiger charge is 2.34. The quantitative estimate of drug-likeness (QED) is 0.852. The standard InChI is InChI=1S/C17H22N4O2/c1-3-21(10-16(22)23)13-8-12(9-13)19-17-11(2)18-14-6-4-5-7-15(14)20-17/h4-7,12-13H,3,8-10H2,1-2H3,(H,19,20)(H,22,23). The summed E-state index contributed by atoms with van der Waals surface area (Å²) in [5.74, 6) is 0.0629. The summed E-state index contributed by atoms with van der Waals surface area (Å²) in [6.45, 7) is 4.84. The van der Waals surface area contributed by atoms with Crippen LogP contribution < -0.4 is 5.32 Å². The third kappa shape index (κ3) is 3.42. The molecule has 0 bridgehead atoms. The van der Waals surface area contributed by atoms with Crippen LogP contribution in [0.2, 0.25) is 0 Å². The van der Waals surface area contributed by atoms with Gasteiger partial charge in [0.15, 0.2) is 0 Å². The van der Waals surface area contributed by atoms with Gasteiger partial charge >= 0.3 is 5.97 Å². The molecule has 1 heterocycles. The minimum atomic E-state index is -0.764. The van der Waals surface area contributed by atoms with Gasteiger partial charge in [0.05, 0.1) is 23.3 Å². The van der Waals surface area contributed by atoms with E-state index in [2.05, 4.69) is 15.3 Å². The lowest BCUT2D eigenvalue weighted by molar-refractivity contribution is -0.139. The van der Waals surface area contributed by atoms with Gasteiger partial charge in [-0.3, -0.25) is 9.69 Å². The van der Waals surface area contributed by atoms with Crippen LogP contribution in [0.15, 0.2) is 24.3 Å². The number of para-hydroxylation sites is 2. The van der Waals surface area contributed by atoms with E-state index >= 15 is 0 Å². The van der Waals surface area contributed by atoms with Crippen molar-refractivity contribution in [2.24, 2.45) is 0 Å². The first kappa shape index (κ1) is 15.7. The van der Waals surface area contributed by atoms with E-state index in [1.54, 1.807) is 0 Å². The zero-order chi connectivity index (χ0) is 16.4. The molecule has 6 heteroatoms. The van der Waals surface area contributed by atoms with Crippen molar-refractivity contribution in [3.63, 3.8) is 0 Å². The van der Waals surface area contributed by atoms with E-state index in [9.17, 15) is 4.79 Å². The van der Waals surface area contributed by atoms with Gasteiger partial charge in [0.1, 0.15) is 5.82 Å². The zero-order valence-corrected chi connectivity index (χ0v) is 13.5. The first-order valence-electron chi connectivity index (χ1n) is 8.02. The Morgan fingerprint density at radius 1 is 1.30 bits per heavy atom. The van der Waals surface area contributed by atoms with Gasteiger partial charge in [-0.25, -0.2) is 9.97 Å². The van der Waals surface area contributed by atoms with E-state index in [0.717, 1.165) is 41.9 Å². The number of aliphatic carboxylic acids is 1. The lowest BCUT2D eigenvalue weighted by Gasteiger charge is -2.42. The maximum Gasteiger partial charge on any atom is 0.317 e. The molecule has 1 saturated carbocycles. The maximum absolute atomic E-state index is 10.9. The van der Waals surface area contributed by atoms with Crippen LogP contribution >= 0.6 is 0 Å². The number of likely N-dealkylation sites (N-methyl/N-ethyl adjacent to an activating group) is 1. The highest BCUT2D eigenvalue weighted by molar-refractivity contribution is 5.76. The van der Waals surface area contributed by atoms with Gasteiger partial charge in [0.2, 0.25) is 0 Å². The summed E-state index contributed by atoms with van der Waals surface area (Å²) in [6.07, 6.45) is 1.88. The summed E-state index contributed by atoms with van der Waals surface area (Å²) in [6, 6.07) is 8.51. The Labute approximate surface area is 135 Å². The Kier molecular flexibility index (Phi) is 4.43. The second-order valence-electron chi connectivity index (χ2n) is 6.07. The fraction of sp³-hybridized carbons (Fsp3) is 0.471. The first-order valence-corrected chi connectivity index (χ1v) is 8.02. The molecule has 122 valence electrons. The SMILES string of the molecule is CCN(CC(=O)O)C1CC(Nc2nc3ccccc3nc2C)C1. The summed E-state index contributed by atoms with van der Waals surface area (Å²) >= 11 is 0. The number of hydrogen-bond donors (Lipinski definition) is 2. The van der Waals surface area contributed by atoms with E-state index in [1.807, 2.05) is 43.0 Å². The van der Waals surface area contributed by atoms with Crippen molar-refractivity contribution in [1.82, 2.24) is 14.9 Å². The van der Waals surface area contributed by atoms with Crippen molar-refractivity contribution in [2.45, 2.75) is 38.8 Å². The predicted molar refractivity (Wildman–Crippen MR) is 89.6 cm³/mol. The molecule has 2 N–H and O–H groups in total. The van der Waals surface area contributed by atoms with Crippen molar-refractivity contribution < 1.29 is 9.90 Å². The Bertz CT molecular complexity index is 713. The van der Waals surface area contributed by atoms with Gasteiger partial charge < -0.3 is 10.4 Å². The maximum atomic E-state index is 10.9. The molecule has 0 atom stereocenters. The number of rotatable bonds is 6. The molecule has 1 aliphatic rings. The van der Waals surface area contributed by atoms with Crippen molar-refractivity contribution in [1.29, 1.82) is 0 Å². The molecule has 0 saturated heterocycles. The van der Waals surface area contributed by atoms with Gasteiger partial charge in [0.25, 0.3) is 0 Å². The molecule has 2 aromatic rings. The number of nitrogens with zero attached hydrogens (tertiary/aromatic N) is 3. The number of anilines is 1. The summed E-state index contributed by atoms with van der Waals surface area (Å²) in [7, 11) is 0. The number of benzene rings is 1. The summed E-state index contributed by atoms with van der Waals surface area (Å²) in [5, 5.41) is 12.4. The van der Waals surface area contributed by atoms with Gasteiger partial charge in [-0.05, 0) is 38.4 Å². The Hall–Kier alpha value is -2.21. The van der Waals surface area contributed by atoms with E-state index in [4.69, 9.17) is 5.11 Å². The van der Waals surface area contributed by atoms with Crippen molar-refractivity contribution in [3.8, 4) is 0 Å². The molecule has 0 unspecified atom stereocenters. The molecule has 1 aromatic carbocycles. The van der Waals surface area contributed by atoms with E-state index < -0.39 is 5.97 Å². The molecular weight excluding hydrogens is 292 g/mol. The second kappa shape index (κ2) is 6.50. The zero-order valence-electron chi connectivity index (χ0n) is 13.5. The Morgan fingerprint density at radius 3 is 2.57 bits per heavy atom. The molecule has 1 aliphatic carbocycles. The number of carboxylic acid groups (broad SMARTS) is 1. The van der Waals surface area contributed by atoms with Gasteiger partial charge in [-0.1, -0.05) is 19.1 Å². The van der Waals surface area contributed by atoms with Gasteiger partial charge in [-0.15, -0.1) is 0 Å². The number of aryl methyl sites for hydroxylation is 1. The van der Waals surface area contributed by atoms with Crippen LogP contribution in [-0.2, 0) is 4.79 Å². The van der Waals surface area contributed by atoms with Crippen LogP contribution in [-0.4, -0.2) is 51.1 Å². The first-order chi connectivity index (χ1) is 11.1. The van der Waals surface area contributed by atoms with Crippen LogP contribution in [0.5, 0.6) is 0 Å². The number of aromatic nitrogens is 2. The molecule has 0 spiro atoms. The monoisotopic (exact) mass is 314 g/mol. The van der Waals surface area contributed by atoms with Crippen LogP contribution in [0, 0.1) is 6.92 Å².